The second-order valence-electron chi connectivity index (χ2n) is 3.71. The molecule has 0 radical (unpaired) electrons. The number of methoxy groups -OCH3 is 1. The van der Waals surface area contributed by atoms with Crippen molar-refractivity contribution in [1.82, 2.24) is 0 Å². The molecule has 0 unspecified atom stereocenters. The van der Waals surface area contributed by atoms with Crippen LogP contribution in [0.4, 0.5) is 0 Å². The first-order chi connectivity index (χ1) is 10.1. The summed E-state index contributed by atoms with van der Waals surface area (Å²) in [5.41, 5.74) is 1.47. The third kappa shape index (κ3) is 4.31. The molecule has 6 heteroatoms. The molecule has 0 amide bonds. The molecule has 0 heterocycles. The minimum atomic E-state index is 0.0765. The lowest BCUT2D eigenvalue weighted by Gasteiger charge is -2.11. The van der Waals surface area contributed by atoms with Crippen LogP contribution in [0.3, 0.4) is 0 Å². The van der Waals surface area contributed by atoms with E-state index in [1.165, 1.54) is 0 Å². The molecule has 1 rings (SSSR count). The van der Waals surface area contributed by atoms with Crippen molar-refractivity contribution >= 4 is 45.0 Å². The monoisotopic (exact) mass is 380 g/mol. The molecule has 0 aliphatic rings. The van der Waals surface area contributed by atoms with Crippen molar-refractivity contribution in [3.63, 3.8) is 0 Å². The number of hydrogen-bond donors (Lipinski definition) is 0. The summed E-state index contributed by atoms with van der Waals surface area (Å²) in [5.74, 6) is 0.726. The zero-order chi connectivity index (χ0) is 15.8. The van der Waals surface area contributed by atoms with Gasteiger partial charge in [-0.05, 0) is 46.1 Å². The second-order valence-corrected chi connectivity index (χ2v) is 6.40. The minimum absolute atomic E-state index is 0.0765. The average Bonchev–Trinajstić information content (AvgIpc) is 2.53. The number of halogens is 1. The van der Waals surface area contributed by atoms with Gasteiger partial charge in [0.15, 0.2) is 0 Å². The molecule has 0 aromatic heterocycles. The highest BCUT2D eigenvalue weighted by molar-refractivity contribution is 9.12. The van der Waals surface area contributed by atoms with Crippen LogP contribution >= 0.6 is 39.5 Å². The van der Waals surface area contributed by atoms with Gasteiger partial charge in [-0.15, -0.1) is 23.5 Å². The van der Waals surface area contributed by atoms with Crippen LogP contribution in [0.25, 0.3) is 5.57 Å². The maximum absolute atomic E-state index is 9.22. The fraction of sp³-hybridized carbons (Fsp3) is 0.200. The van der Waals surface area contributed by atoms with Crippen molar-refractivity contribution in [3.05, 3.63) is 44.1 Å². The molecule has 3 nitrogen and oxygen atoms in total. The molecule has 0 N–H and O–H groups in total. The van der Waals surface area contributed by atoms with Crippen LogP contribution in [0, 0.1) is 22.7 Å². The molecule has 1 aromatic rings. The van der Waals surface area contributed by atoms with E-state index in [-0.39, 0.29) is 5.57 Å². The summed E-state index contributed by atoms with van der Waals surface area (Å²) in [5, 5.41) is 18.4. The molecule has 0 bridgehead atoms. The summed E-state index contributed by atoms with van der Waals surface area (Å²) >= 11 is 6.66. The van der Waals surface area contributed by atoms with Crippen LogP contribution in [0.1, 0.15) is 5.56 Å². The number of benzene rings is 1. The first-order valence-electron chi connectivity index (χ1n) is 5.79. The minimum Gasteiger partial charge on any atom is -0.497 e. The lowest BCUT2D eigenvalue weighted by Crippen LogP contribution is -1.92. The Bertz CT molecular complexity index is 630. The largest absolute Gasteiger partial charge is 0.497 e. The third-order valence-corrected chi connectivity index (χ3v) is 6.09. The smallest absolute Gasteiger partial charge is 0.138 e. The molecule has 0 spiro atoms. The number of thioether (sulfide) groups is 2. The molecule has 21 heavy (non-hydrogen) atoms. The van der Waals surface area contributed by atoms with Crippen molar-refractivity contribution in [3.8, 4) is 17.9 Å². The molecule has 0 aliphatic carbocycles. The third-order valence-electron chi connectivity index (χ3n) is 2.62. The molecule has 1 aromatic carbocycles. The zero-order valence-corrected chi connectivity index (χ0v) is 15.0. The number of nitriles is 2. The van der Waals surface area contributed by atoms with E-state index < -0.39 is 0 Å². The van der Waals surface area contributed by atoms with Crippen LogP contribution in [0.2, 0.25) is 0 Å². The van der Waals surface area contributed by atoms with Gasteiger partial charge in [-0.3, -0.25) is 0 Å². The molecule has 0 saturated heterocycles. The van der Waals surface area contributed by atoms with Crippen LogP contribution in [0.5, 0.6) is 5.75 Å². The molecule has 108 valence electrons. The van der Waals surface area contributed by atoms with Crippen LogP contribution in [0.15, 0.2) is 38.6 Å². The Balaban J connectivity index is 3.56. The number of hydrogen-bond acceptors (Lipinski definition) is 5. The number of nitrogens with zero attached hydrogens (tertiary/aromatic N) is 2. The van der Waals surface area contributed by atoms with E-state index in [2.05, 4.69) is 15.9 Å². The molecule has 0 aliphatic heterocycles. The van der Waals surface area contributed by atoms with Gasteiger partial charge >= 0.3 is 0 Å². The van der Waals surface area contributed by atoms with E-state index in [0.717, 1.165) is 20.0 Å². The Kier molecular flexibility index (Phi) is 7.45. The lowest BCUT2D eigenvalue weighted by atomic mass is 10.0. The van der Waals surface area contributed by atoms with E-state index in [1.54, 1.807) is 42.8 Å². The normalized spacial score (nSPS) is 9.24. The summed E-state index contributed by atoms with van der Waals surface area (Å²) in [4.78, 5) is 0. The van der Waals surface area contributed by atoms with Crippen LogP contribution < -0.4 is 4.74 Å². The molecule has 0 atom stereocenters. The van der Waals surface area contributed by atoms with Crippen molar-refractivity contribution in [2.24, 2.45) is 0 Å². The molecule has 0 fully saturated rings. The van der Waals surface area contributed by atoms with E-state index >= 15 is 0 Å². The Labute approximate surface area is 141 Å². The maximum Gasteiger partial charge on any atom is 0.138 e. The van der Waals surface area contributed by atoms with E-state index in [1.807, 2.05) is 36.8 Å². The average molecular weight is 381 g/mol. The zero-order valence-electron chi connectivity index (χ0n) is 11.8. The summed E-state index contributed by atoms with van der Waals surface area (Å²) in [7, 11) is 1.59. The highest BCUT2D eigenvalue weighted by Gasteiger charge is 2.16. The van der Waals surface area contributed by atoms with Gasteiger partial charge in [-0.2, -0.15) is 10.5 Å². The van der Waals surface area contributed by atoms with Gasteiger partial charge in [0.25, 0.3) is 0 Å². The lowest BCUT2D eigenvalue weighted by molar-refractivity contribution is 0.415. The van der Waals surface area contributed by atoms with Crippen molar-refractivity contribution in [2.75, 3.05) is 19.6 Å². The Hall–Kier alpha value is -1.34. The first kappa shape index (κ1) is 17.7. The van der Waals surface area contributed by atoms with Gasteiger partial charge < -0.3 is 4.74 Å². The first-order valence-corrected chi connectivity index (χ1v) is 9.04. The summed E-state index contributed by atoms with van der Waals surface area (Å²) in [6.45, 7) is 0. The molecular weight excluding hydrogens is 368 g/mol. The van der Waals surface area contributed by atoms with E-state index in [9.17, 15) is 10.5 Å². The Morgan fingerprint density at radius 3 is 2.00 bits per heavy atom. The topological polar surface area (TPSA) is 56.8 Å². The van der Waals surface area contributed by atoms with Gasteiger partial charge in [0.1, 0.15) is 23.5 Å². The second kappa shape index (κ2) is 8.84. The van der Waals surface area contributed by atoms with Gasteiger partial charge in [0.05, 0.1) is 11.3 Å². The molecule has 0 saturated carbocycles. The maximum atomic E-state index is 9.22. The predicted molar refractivity (Wildman–Crippen MR) is 94.1 cm³/mol. The summed E-state index contributed by atoms with van der Waals surface area (Å²) < 4.78 is 6.89. The fourth-order valence-corrected chi connectivity index (χ4v) is 4.27. The predicted octanol–water partition coefficient (Wildman–Crippen LogP) is 4.79. The molecular formula is C15H13BrN2OS2. The van der Waals surface area contributed by atoms with Crippen molar-refractivity contribution in [1.29, 1.82) is 10.5 Å². The van der Waals surface area contributed by atoms with Gasteiger partial charge in [0.2, 0.25) is 0 Å². The van der Waals surface area contributed by atoms with E-state index in [4.69, 9.17) is 4.74 Å². The van der Waals surface area contributed by atoms with E-state index in [0.29, 0.717) is 5.57 Å². The fourth-order valence-electron chi connectivity index (χ4n) is 1.64. The summed E-state index contributed by atoms with van der Waals surface area (Å²) in [6.07, 6.45) is 3.91. The standard InChI is InChI=1S/C15H13BrN2OS2/c1-19-12-6-4-10(5-7-12)13(11(8-17)9-18)14(16)15(20-2)21-3/h4-7H,1-3H3. The van der Waals surface area contributed by atoms with Gasteiger partial charge in [-0.1, -0.05) is 12.1 Å². The van der Waals surface area contributed by atoms with Gasteiger partial charge in [-0.25, -0.2) is 0 Å². The van der Waals surface area contributed by atoms with Crippen molar-refractivity contribution in [2.45, 2.75) is 0 Å². The Morgan fingerprint density at radius 2 is 1.62 bits per heavy atom. The highest BCUT2D eigenvalue weighted by Crippen LogP contribution is 2.40. The van der Waals surface area contributed by atoms with Crippen LogP contribution in [-0.2, 0) is 0 Å². The number of ether oxygens (including phenoxy) is 1. The summed E-state index contributed by atoms with van der Waals surface area (Å²) in [6, 6.07) is 11.2. The van der Waals surface area contributed by atoms with Crippen LogP contribution in [-0.4, -0.2) is 19.6 Å². The highest BCUT2D eigenvalue weighted by atomic mass is 79.9. The van der Waals surface area contributed by atoms with Crippen molar-refractivity contribution < 1.29 is 4.74 Å². The van der Waals surface area contributed by atoms with Gasteiger partial charge in [0, 0.05) is 10.1 Å². The number of rotatable bonds is 5. The quantitative estimate of drug-likeness (QED) is 0.542. The SMILES string of the molecule is COc1ccc(C(=C(C#N)C#N)C(Br)=C(SC)SC)cc1. The Morgan fingerprint density at radius 1 is 1.10 bits per heavy atom. The number of allylic oxidation sites excluding steroid dienone is 3.